The molecule has 0 nitrogen and oxygen atoms in total. The molecule has 0 heterocycles. The summed E-state index contributed by atoms with van der Waals surface area (Å²) >= 11 is 0. The monoisotopic (exact) mass is 294 g/mol. The van der Waals surface area contributed by atoms with Gasteiger partial charge in [0.25, 0.3) is 0 Å². The maximum Gasteiger partial charge on any atom is -0.00675 e. The highest BCUT2D eigenvalue weighted by atomic mass is 14.3. The van der Waals surface area contributed by atoms with Gasteiger partial charge >= 0.3 is 0 Å². The molecule has 118 valence electrons. The molecular weight excluding hydrogens is 264 g/mol. The van der Waals surface area contributed by atoms with E-state index < -0.39 is 0 Å². The van der Waals surface area contributed by atoms with Crippen molar-refractivity contribution < 1.29 is 0 Å². The van der Waals surface area contributed by atoms with E-state index in [4.69, 9.17) is 0 Å². The van der Waals surface area contributed by atoms with Crippen molar-refractivity contribution >= 4 is 0 Å². The molecule has 2 aromatic rings. The highest BCUT2D eigenvalue weighted by Crippen LogP contribution is 2.41. The molecule has 0 bridgehead atoms. The predicted octanol–water partition coefficient (Wildman–Crippen LogP) is 6.79. The summed E-state index contributed by atoms with van der Waals surface area (Å²) in [6.45, 7) is 7.06. The third-order valence-electron chi connectivity index (χ3n) is 5.01. The van der Waals surface area contributed by atoms with E-state index in [0.717, 1.165) is 5.92 Å². The van der Waals surface area contributed by atoms with Crippen LogP contribution in [-0.4, -0.2) is 0 Å². The fourth-order valence-electron chi connectivity index (χ4n) is 3.71. The Labute approximate surface area is 136 Å². The van der Waals surface area contributed by atoms with Crippen molar-refractivity contribution in [2.24, 2.45) is 5.92 Å². The molecule has 2 aromatic carbocycles. The van der Waals surface area contributed by atoms with E-state index in [1.54, 1.807) is 0 Å². The molecule has 0 fully saturated rings. The molecule has 3 unspecified atom stereocenters. The first-order chi connectivity index (χ1) is 10.8. The average molecular weight is 294 g/mol. The van der Waals surface area contributed by atoms with Gasteiger partial charge in [-0.15, -0.1) is 0 Å². The molecule has 0 N–H and O–H groups in total. The first-order valence-corrected chi connectivity index (χ1v) is 8.87. The number of unbranched alkanes of at least 4 members (excludes halogenated alkanes) is 1. The van der Waals surface area contributed by atoms with E-state index in [2.05, 4.69) is 81.4 Å². The van der Waals surface area contributed by atoms with Gasteiger partial charge in [-0.25, -0.2) is 0 Å². The summed E-state index contributed by atoms with van der Waals surface area (Å²) in [6.07, 6.45) is 5.22. The smallest absolute Gasteiger partial charge is 0.00675 e. The largest absolute Gasteiger partial charge is 0.0654 e. The SMILES string of the molecule is CCCCC(CC)C(c1ccccc1)C(C)c1ccccc1. The number of rotatable bonds is 8. The Morgan fingerprint density at radius 2 is 1.32 bits per heavy atom. The molecule has 3 atom stereocenters. The minimum atomic E-state index is 0.561. The van der Waals surface area contributed by atoms with Crippen molar-refractivity contribution in [3.05, 3.63) is 71.8 Å². The minimum absolute atomic E-state index is 0.561. The van der Waals surface area contributed by atoms with Crippen molar-refractivity contribution in [2.45, 2.75) is 58.3 Å². The standard InChI is InChI=1S/C22H30/c1-4-6-13-19(5-2)22(21-16-11-8-12-17-21)18(3)20-14-9-7-10-15-20/h7-12,14-19,22H,4-6,13H2,1-3H3. The lowest BCUT2D eigenvalue weighted by Gasteiger charge is -2.32. The van der Waals surface area contributed by atoms with Crippen LogP contribution in [0.2, 0.25) is 0 Å². The molecule has 0 heteroatoms. The third-order valence-corrected chi connectivity index (χ3v) is 5.01. The van der Waals surface area contributed by atoms with Gasteiger partial charge in [0.2, 0.25) is 0 Å². The maximum atomic E-state index is 2.40. The van der Waals surface area contributed by atoms with Gasteiger partial charge in [-0.1, -0.05) is 101 Å². The summed E-state index contributed by atoms with van der Waals surface area (Å²) in [5, 5.41) is 0. The van der Waals surface area contributed by atoms with Gasteiger partial charge in [0.1, 0.15) is 0 Å². The van der Waals surface area contributed by atoms with Crippen molar-refractivity contribution in [1.82, 2.24) is 0 Å². The van der Waals surface area contributed by atoms with Gasteiger partial charge in [0.05, 0.1) is 0 Å². The van der Waals surface area contributed by atoms with E-state index in [0.29, 0.717) is 11.8 Å². The summed E-state index contributed by atoms with van der Waals surface area (Å²) in [5.41, 5.74) is 2.97. The molecule has 22 heavy (non-hydrogen) atoms. The molecule has 0 saturated heterocycles. The van der Waals surface area contributed by atoms with Crippen LogP contribution in [0.1, 0.15) is 69.4 Å². The number of benzene rings is 2. The second-order valence-corrected chi connectivity index (χ2v) is 6.45. The zero-order valence-corrected chi connectivity index (χ0v) is 14.3. The number of hydrogen-bond donors (Lipinski definition) is 0. The Hall–Kier alpha value is -1.56. The van der Waals surface area contributed by atoms with Crippen molar-refractivity contribution in [3.63, 3.8) is 0 Å². The van der Waals surface area contributed by atoms with Gasteiger partial charge in [-0.3, -0.25) is 0 Å². The van der Waals surface area contributed by atoms with Crippen LogP contribution < -0.4 is 0 Å². The highest BCUT2D eigenvalue weighted by Gasteiger charge is 2.27. The van der Waals surface area contributed by atoms with Crippen LogP contribution in [0, 0.1) is 5.92 Å². The fraction of sp³-hybridized carbons (Fsp3) is 0.455. The van der Waals surface area contributed by atoms with Gasteiger partial charge in [-0.05, 0) is 35.3 Å². The van der Waals surface area contributed by atoms with Crippen LogP contribution in [0.5, 0.6) is 0 Å². The Morgan fingerprint density at radius 3 is 1.82 bits per heavy atom. The van der Waals surface area contributed by atoms with Crippen molar-refractivity contribution in [1.29, 1.82) is 0 Å². The summed E-state index contributed by atoms with van der Waals surface area (Å²) < 4.78 is 0. The summed E-state index contributed by atoms with van der Waals surface area (Å²) in [5.74, 6) is 1.93. The van der Waals surface area contributed by atoms with E-state index in [9.17, 15) is 0 Å². The molecule has 0 aliphatic rings. The van der Waals surface area contributed by atoms with Crippen molar-refractivity contribution in [3.8, 4) is 0 Å². The Morgan fingerprint density at radius 1 is 0.773 bits per heavy atom. The molecule has 0 aromatic heterocycles. The lowest BCUT2D eigenvalue weighted by atomic mass is 9.72. The lowest BCUT2D eigenvalue weighted by Crippen LogP contribution is -2.19. The molecule has 0 aliphatic heterocycles. The molecule has 0 spiro atoms. The van der Waals surface area contributed by atoms with Crippen LogP contribution >= 0.6 is 0 Å². The maximum absolute atomic E-state index is 2.40. The van der Waals surface area contributed by atoms with Crippen molar-refractivity contribution in [2.75, 3.05) is 0 Å². The molecule has 0 aliphatic carbocycles. The van der Waals surface area contributed by atoms with Crippen LogP contribution in [0.3, 0.4) is 0 Å². The summed E-state index contributed by atoms with van der Waals surface area (Å²) in [4.78, 5) is 0. The molecule has 0 amide bonds. The van der Waals surface area contributed by atoms with Crippen LogP contribution in [0.15, 0.2) is 60.7 Å². The van der Waals surface area contributed by atoms with E-state index in [1.807, 2.05) is 0 Å². The predicted molar refractivity (Wildman–Crippen MR) is 97.3 cm³/mol. The Bertz CT molecular complexity index is 514. The fourth-order valence-corrected chi connectivity index (χ4v) is 3.71. The molecule has 2 rings (SSSR count). The minimum Gasteiger partial charge on any atom is -0.0654 e. The summed E-state index contributed by atoms with van der Waals surface area (Å²) in [6, 6.07) is 22.2. The second kappa shape index (κ2) is 8.78. The normalized spacial score (nSPS) is 15.2. The summed E-state index contributed by atoms with van der Waals surface area (Å²) in [7, 11) is 0. The molecule has 0 saturated carbocycles. The van der Waals surface area contributed by atoms with Gasteiger partial charge in [0.15, 0.2) is 0 Å². The van der Waals surface area contributed by atoms with E-state index in [-0.39, 0.29) is 0 Å². The van der Waals surface area contributed by atoms with E-state index >= 15 is 0 Å². The van der Waals surface area contributed by atoms with Crippen LogP contribution in [0.4, 0.5) is 0 Å². The number of hydrogen-bond acceptors (Lipinski definition) is 0. The highest BCUT2D eigenvalue weighted by molar-refractivity contribution is 5.28. The van der Waals surface area contributed by atoms with Gasteiger partial charge in [-0.2, -0.15) is 0 Å². The topological polar surface area (TPSA) is 0 Å². The molecular formula is C22H30. The first kappa shape index (κ1) is 16.8. The van der Waals surface area contributed by atoms with Gasteiger partial charge in [0, 0.05) is 0 Å². The first-order valence-electron chi connectivity index (χ1n) is 8.87. The van der Waals surface area contributed by atoms with Crippen LogP contribution in [-0.2, 0) is 0 Å². The quantitative estimate of drug-likeness (QED) is 0.502. The Balaban J connectivity index is 2.32. The van der Waals surface area contributed by atoms with E-state index in [1.165, 1.54) is 36.8 Å². The zero-order valence-electron chi connectivity index (χ0n) is 14.3. The lowest BCUT2D eigenvalue weighted by molar-refractivity contribution is 0.338. The second-order valence-electron chi connectivity index (χ2n) is 6.45. The molecule has 0 radical (unpaired) electrons. The average Bonchev–Trinajstić information content (AvgIpc) is 2.59. The van der Waals surface area contributed by atoms with Crippen LogP contribution in [0.25, 0.3) is 0 Å². The zero-order chi connectivity index (χ0) is 15.8. The Kier molecular flexibility index (Phi) is 6.71. The van der Waals surface area contributed by atoms with Gasteiger partial charge < -0.3 is 0 Å². The third kappa shape index (κ3) is 4.22.